The van der Waals surface area contributed by atoms with E-state index in [0.717, 1.165) is 17.1 Å². The monoisotopic (exact) mass is 371 g/mol. The summed E-state index contributed by atoms with van der Waals surface area (Å²) >= 11 is 6.01. The molecule has 134 valence electrons. The van der Waals surface area contributed by atoms with Crippen LogP contribution in [0.15, 0.2) is 41.2 Å². The molecule has 0 fully saturated rings. The number of nitrogens with one attached hydrogen (secondary N) is 1. The Morgan fingerprint density at radius 1 is 1.12 bits per heavy atom. The summed E-state index contributed by atoms with van der Waals surface area (Å²) in [6.45, 7) is 2.34. The van der Waals surface area contributed by atoms with Gasteiger partial charge in [0.2, 0.25) is 0 Å². The molecular weight excluding hydrogens is 354 g/mol. The van der Waals surface area contributed by atoms with Crippen molar-refractivity contribution >= 4 is 22.5 Å². The first-order valence-corrected chi connectivity index (χ1v) is 8.72. The molecule has 0 bridgehead atoms. The van der Waals surface area contributed by atoms with Gasteiger partial charge in [-0.25, -0.2) is 4.98 Å². The second-order valence-electron chi connectivity index (χ2n) is 6.32. The van der Waals surface area contributed by atoms with Crippen LogP contribution in [0.25, 0.3) is 10.9 Å². The zero-order valence-corrected chi connectivity index (χ0v) is 15.0. The fourth-order valence-electron chi connectivity index (χ4n) is 3.05. The summed E-state index contributed by atoms with van der Waals surface area (Å²) in [6.07, 6.45) is 0. The smallest absolute Gasteiger partial charge is 0.258 e. The molecule has 0 atom stereocenters. The molecule has 4 rings (SSSR count). The molecule has 1 aliphatic heterocycles. The number of aromatic amines is 1. The van der Waals surface area contributed by atoms with E-state index < -0.39 is 0 Å². The largest absolute Gasteiger partial charge is 0.486 e. The molecular formula is C19H18ClN3O3. The Balaban J connectivity index is 1.52. The average Bonchev–Trinajstić information content (AvgIpc) is 2.61. The molecule has 0 aliphatic carbocycles. The van der Waals surface area contributed by atoms with E-state index in [1.807, 2.05) is 25.2 Å². The van der Waals surface area contributed by atoms with Crippen molar-refractivity contribution in [3.05, 3.63) is 63.2 Å². The fourth-order valence-corrected chi connectivity index (χ4v) is 3.21. The average molecular weight is 372 g/mol. The van der Waals surface area contributed by atoms with Gasteiger partial charge < -0.3 is 14.5 Å². The number of benzene rings is 2. The van der Waals surface area contributed by atoms with Crippen LogP contribution < -0.4 is 15.0 Å². The molecule has 0 saturated carbocycles. The Labute approximate surface area is 155 Å². The summed E-state index contributed by atoms with van der Waals surface area (Å²) in [7, 11) is 1.97. The summed E-state index contributed by atoms with van der Waals surface area (Å²) < 4.78 is 11.2. The molecule has 26 heavy (non-hydrogen) atoms. The molecule has 1 aromatic heterocycles. The maximum atomic E-state index is 12.2. The van der Waals surface area contributed by atoms with Crippen LogP contribution in [0.1, 0.15) is 11.4 Å². The van der Waals surface area contributed by atoms with E-state index in [2.05, 4.69) is 14.9 Å². The van der Waals surface area contributed by atoms with Crippen LogP contribution in [0, 0.1) is 0 Å². The highest BCUT2D eigenvalue weighted by Crippen LogP contribution is 2.31. The Morgan fingerprint density at radius 2 is 1.92 bits per heavy atom. The molecule has 0 amide bonds. The van der Waals surface area contributed by atoms with Crippen LogP contribution in [-0.2, 0) is 13.1 Å². The van der Waals surface area contributed by atoms with Crippen molar-refractivity contribution in [3.8, 4) is 11.5 Å². The van der Waals surface area contributed by atoms with Crippen molar-refractivity contribution in [2.75, 3.05) is 20.3 Å². The van der Waals surface area contributed by atoms with Gasteiger partial charge in [-0.15, -0.1) is 0 Å². The van der Waals surface area contributed by atoms with Crippen molar-refractivity contribution in [1.29, 1.82) is 0 Å². The summed E-state index contributed by atoms with van der Waals surface area (Å²) in [5, 5.41) is 1.10. The number of nitrogens with zero attached hydrogens (tertiary/aromatic N) is 2. The lowest BCUT2D eigenvalue weighted by atomic mass is 10.2. The van der Waals surface area contributed by atoms with Crippen LogP contribution in [0.2, 0.25) is 5.02 Å². The molecule has 7 heteroatoms. The number of hydrogen-bond donors (Lipinski definition) is 1. The maximum absolute atomic E-state index is 12.2. The first-order chi connectivity index (χ1) is 12.6. The quantitative estimate of drug-likeness (QED) is 0.763. The van der Waals surface area contributed by atoms with E-state index in [-0.39, 0.29) is 5.56 Å². The third-order valence-electron chi connectivity index (χ3n) is 4.20. The van der Waals surface area contributed by atoms with Gasteiger partial charge in [0.05, 0.1) is 17.4 Å². The SMILES string of the molecule is CN(Cc1ccc2c(c1)OCCO2)Cc1nc2cc(Cl)ccc2c(=O)[nH]1. The van der Waals surface area contributed by atoms with Gasteiger partial charge in [-0.2, -0.15) is 0 Å². The minimum atomic E-state index is -0.158. The zero-order valence-electron chi connectivity index (χ0n) is 14.3. The van der Waals surface area contributed by atoms with Crippen LogP contribution in [-0.4, -0.2) is 35.1 Å². The number of hydrogen-bond acceptors (Lipinski definition) is 5. The lowest BCUT2D eigenvalue weighted by Crippen LogP contribution is -2.22. The first kappa shape index (κ1) is 16.9. The number of H-pyrrole nitrogens is 1. The molecule has 0 spiro atoms. The van der Waals surface area contributed by atoms with Gasteiger partial charge in [0.15, 0.2) is 11.5 Å². The molecule has 2 aromatic carbocycles. The topological polar surface area (TPSA) is 67.5 Å². The van der Waals surface area contributed by atoms with E-state index in [0.29, 0.717) is 48.1 Å². The van der Waals surface area contributed by atoms with Crippen molar-refractivity contribution in [3.63, 3.8) is 0 Å². The van der Waals surface area contributed by atoms with E-state index >= 15 is 0 Å². The molecule has 3 aromatic rings. The Bertz CT molecular complexity index is 1020. The minimum absolute atomic E-state index is 0.158. The van der Waals surface area contributed by atoms with E-state index in [1.165, 1.54) is 0 Å². The van der Waals surface area contributed by atoms with Crippen LogP contribution >= 0.6 is 11.6 Å². The van der Waals surface area contributed by atoms with Gasteiger partial charge in [-0.05, 0) is 42.9 Å². The molecule has 6 nitrogen and oxygen atoms in total. The summed E-state index contributed by atoms with van der Waals surface area (Å²) in [5.74, 6) is 2.15. The van der Waals surface area contributed by atoms with Gasteiger partial charge in [0, 0.05) is 11.6 Å². The van der Waals surface area contributed by atoms with E-state index in [9.17, 15) is 4.79 Å². The van der Waals surface area contributed by atoms with Gasteiger partial charge in [-0.3, -0.25) is 9.69 Å². The van der Waals surface area contributed by atoms with E-state index in [4.69, 9.17) is 21.1 Å². The van der Waals surface area contributed by atoms with Crippen LogP contribution in [0.4, 0.5) is 0 Å². The molecule has 0 saturated heterocycles. The first-order valence-electron chi connectivity index (χ1n) is 8.34. The normalized spacial score (nSPS) is 13.3. The van der Waals surface area contributed by atoms with Crippen LogP contribution in [0.5, 0.6) is 11.5 Å². The minimum Gasteiger partial charge on any atom is -0.486 e. The number of rotatable bonds is 4. The lowest BCUT2D eigenvalue weighted by Gasteiger charge is -2.21. The zero-order chi connectivity index (χ0) is 18.1. The highest BCUT2D eigenvalue weighted by atomic mass is 35.5. The second kappa shape index (κ2) is 6.97. The Hall–Kier alpha value is -2.57. The number of aromatic nitrogens is 2. The van der Waals surface area contributed by atoms with Crippen molar-refractivity contribution in [2.45, 2.75) is 13.1 Å². The molecule has 0 radical (unpaired) electrons. The number of ether oxygens (including phenoxy) is 2. The third-order valence-corrected chi connectivity index (χ3v) is 4.43. The van der Waals surface area contributed by atoms with Gasteiger partial charge in [0.25, 0.3) is 5.56 Å². The molecule has 2 heterocycles. The van der Waals surface area contributed by atoms with Gasteiger partial charge in [0.1, 0.15) is 19.0 Å². The highest BCUT2D eigenvalue weighted by molar-refractivity contribution is 6.31. The predicted molar refractivity (Wildman–Crippen MR) is 100.0 cm³/mol. The van der Waals surface area contributed by atoms with Crippen molar-refractivity contribution in [2.24, 2.45) is 0 Å². The molecule has 0 unspecified atom stereocenters. The van der Waals surface area contributed by atoms with E-state index in [1.54, 1.807) is 18.2 Å². The summed E-state index contributed by atoms with van der Waals surface area (Å²) in [5.41, 5.74) is 1.54. The summed E-state index contributed by atoms with van der Waals surface area (Å²) in [4.78, 5) is 21.7. The fraction of sp³-hybridized carbons (Fsp3) is 0.263. The van der Waals surface area contributed by atoms with Gasteiger partial charge >= 0.3 is 0 Å². The molecule has 1 N–H and O–H groups in total. The maximum Gasteiger partial charge on any atom is 0.258 e. The Morgan fingerprint density at radius 3 is 2.77 bits per heavy atom. The second-order valence-corrected chi connectivity index (χ2v) is 6.76. The highest BCUT2D eigenvalue weighted by Gasteiger charge is 2.13. The Kier molecular flexibility index (Phi) is 4.53. The lowest BCUT2D eigenvalue weighted by molar-refractivity contribution is 0.171. The number of fused-ring (bicyclic) bond motifs is 2. The van der Waals surface area contributed by atoms with Crippen molar-refractivity contribution in [1.82, 2.24) is 14.9 Å². The molecule has 1 aliphatic rings. The third kappa shape index (κ3) is 3.52. The predicted octanol–water partition coefficient (Wildman–Crippen LogP) is 2.98. The van der Waals surface area contributed by atoms with Gasteiger partial charge in [-0.1, -0.05) is 17.7 Å². The summed E-state index contributed by atoms with van der Waals surface area (Å²) in [6, 6.07) is 11.0. The van der Waals surface area contributed by atoms with Crippen molar-refractivity contribution < 1.29 is 9.47 Å². The standard InChI is InChI=1S/C19H18ClN3O3/c1-23(10-12-2-5-16-17(8-12)26-7-6-25-16)11-18-21-15-9-13(20)3-4-14(15)19(24)22-18/h2-5,8-9H,6-7,10-11H2,1H3,(H,21,22,24). The van der Waals surface area contributed by atoms with Crippen LogP contribution in [0.3, 0.4) is 0 Å². The number of halogens is 1.